The minimum absolute atomic E-state index is 0.145. The minimum Gasteiger partial charge on any atom is -0.385 e. The molecule has 3 heteroatoms. The van der Waals surface area contributed by atoms with E-state index >= 15 is 0 Å². The van der Waals surface area contributed by atoms with Crippen LogP contribution in [0.25, 0.3) is 11.1 Å². The Labute approximate surface area is 155 Å². The van der Waals surface area contributed by atoms with Gasteiger partial charge < -0.3 is 10.0 Å². The molecule has 0 spiro atoms. The van der Waals surface area contributed by atoms with Gasteiger partial charge in [-0.3, -0.25) is 4.79 Å². The Morgan fingerprint density at radius 2 is 1.58 bits per heavy atom. The first-order chi connectivity index (χ1) is 12.6. The summed E-state index contributed by atoms with van der Waals surface area (Å²) in [5.74, 6) is 1.01. The summed E-state index contributed by atoms with van der Waals surface area (Å²) in [4.78, 5) is 14.5. The molecule has 1 aliphatic carbocycles. The van der Waals surface area contributed by atoms with E-state index in [1.807, 2.05) is 35.2 Å². The van der Waals surface area contributed by atoms with Gasteiger partial charge in [0.1, 0.15) is 0 Å². The van der Waals surface area contributed by atoms with Crippen LogP contribution in [-0.4, -0.2) is 29.0 Å². The van der Waals surface area contributed by atoms with Gasteiger partial charge in [-0.1, -0.05) is 61.5 Å². The number of piperidine rings is 1. The van der Waals surface area contributed by atoms with Crippen LogP contribution >= 0.6 is 0 Å². The Morgan fingerprint density at radius 1 is 1.00 bits per heavy atom. The molecule has 0 aromatic heterocycles. The fourth-order valence-electron chi connectivity index (χ4n) is 4.08. The van der Waals surface area contributed by atoms with Crippen LogP contribution < -0.4 is 0 Å². The van der Waals surface area contributed by atoms with Crippen molar-refractivity contribution in [3.05, 3.63) is 60.2 Å². The maximum absolute atomic E-state index is 12.6. The Hall–Kier alpha value is -2.13. The Balaban J connectivity index is 1.42. The summed E-state index contributed by atoms with van der Waals surface area (Å²) in [5.41, 5.74) is 2.47. The molecule has 136 valence electrons. The lowest BCUT2D eigenvalue weighted by Crippen LogP contribution is -2.47. The normalized spacial score (nSPS) is 20.6. The zero-order valence-electron chi connectivity index (χ0n) is 15.4. The second-order valence-corrected chi connectivity index (χ2v) is 7.93. The van der Waals surface area contributed by atoms with E-state index in [1.165, 1.54) is 18.4 Å². The maximum Gasteiger partial charge on any atom is 0.225 e. The molecule has 1 saturated carbocycles. The molecule has 3 nitrogen and oxygen atoms in total. The van der Waals surface area contributed by atoms with Crippen LogP contribution in [0.5, 0.6) is 0 Å². The molecule has 2 aromatic rings. The summed E-state index contributed by atoms with van der Waals surface area (Å²) in [6, 6.07) is 18.5. The van der Waals surface area contributed by atoms with E-state index in [0.717, 1.165) is 11.1 Å². The average Bonchev–Trinajstić information content (AvgIpc) is 3.54. The monoisotopic (exact) mass is 349 g/mol. The van der Waals surface area contributed by atoms with Gasteiger partial charge in [-0.2, -0.15) is 0 Å². The lowest BCUT2D eigenvalue weighted by Gasteiger charge is -2.39. The number of carbonyl (C=O) groups excluding carboxylic acids is 1. The Kier molecular flexibility index (Phi) is 4.58. The highest BCUT2D eigenvalue weighted by Crippen LogP contribution is 2.39. The van der Waals surface area contributed by atoms with E-state index in [4.69, 9.17) is 0 Å². The predicted molar refractivity (Wildman–Crippen MR) is 103 cm³/mol. The maximum atomic E-state index is 12.6. The van der Waals surface area contributed by atoms with Crippen molar-refractivity contribution in [2.24, 2.45) is 11.8 Å². The number of nitrogens with zero attached hydrogens (tertiary/aromatic N) is 1. The Morgan fingerprint density at radius 3 is 2.15 bits per heavy atom. The molecule has 0 bridgehead atoms. The number of carbonyl (C=O) groups is 1. The molecule has 1 heterocycles. The van der Waals surface area contributed by atoms with Crippen LogP contribution in [0.3, 0.4) is 0 Å². The number of hydrogen-bond donors (Lipinski definition) is 1. The number of benzene rings is 2. The third-order valence-electron chi connectivity index (χ3n) is 6.15. The van der Waals surface area contributed by atoms with Crippen molar-refractivity contribution in [1.29, 1.82) is 0 Å². The topological polar surface area (TPSA) is 40.5 Å². The van der Waals surface area contributed by atoms with Crippen LogP contribution in [0.1, 0.15) is 38.2 Å². The number of hydrogen-bond acceptors (Lipinski definition) is 2. The van der Waals surface area contributed by atoms with Crippen LogP contribution in [0.2, 0.25) is 0 Å². The molecule has 1 aliphatic heterocycles. The third kappa shape index (κ3) is 3.41. The summed E-state index contributed by atoms with van der Waals surface area (Å²) < 4.78 is 0. The fourth-order valence-corrected chi connectivity index (χ4v) is 4.08. The van der Waals surface area contributed by atoms with Gasteiger partial charge in [0.25, 0.3) is 0 Å². The largest absolute Gasteiger partial charge is 0.385 e. The first kappa shape index (κ1) is 17.3. The smallest absolute Gasteiger partial charge is 0.225 e. The zero-order valence-corrected chi connectivity index (χ0v) is 15.4. The van der Waals surface area contributed by atoms with Gasteiger partial charge in [0, 0.05) is 19.0 Å². The van der Waals surface area contributed by atoms with Crippen LogP contribution in [0.15, 0.2) is 54.6 Å². The lowest BCUT2D eigenvalue weighted by molar-refractivity contribution is -0.140. The van der Waals surface area contributed by atoms with Crippen molar-refractivity contribution in [3.8, 4) is 11.1 Å². The van der Waals surface area contributed by atoms with Gasteiger partial charge in [0.05, 0.1) is 5.60 Å². The van der Waals surface area contributed by atoms with Crippen molar-refractivity contribution in [1.82, 2.24) is 4.90 Å². The summed E-state index contributed by atoms with van der Waals surface area (Å²) in [6.07, 6.45) is 3.61. The molecule has 1 amide bonds. The van der Waals surface area contributed by atoms with Gasteiger partial charge in [-0.15, -0.1) is 0 Å². The highest BCUT2D eigenvalue weighted by molar-refractivity contribution is 5.79. The molecular weight excluding hydrogens is 322 g/mol. The van der Waals surface area contributed by atoms with E-state index in [1.54, 1.807) is 0 Å². The minimum atomic E-state index is -0.825. The molecule has 1 N–H and O–H groups in total. The number of aliphatic hydroxyl groups is 1. The third-order valence-corrected chi connectivity index (χ3v) is 6.15. The van der Waals surface area contributed by atoms with Gasteiger partial charge in [-0.25, -0.2) is 0 Å². The molecule has 2 aliphatic rings. The molecule has 2 fully saturated rings. The standard InChI is InChI=1S/C23H27NO2/c1-17(18-7-8-18)22(25)24-15-13-23(26,14-16-24)21-11-9-20(10-12-21)19-5-3-2-4-6-19/h2-6,9-12,17-18,26H,7-8,13-16H2,1H3/t17-/m1/s1. The summed E-state index contributed by atoms with van der Waals surface area (Å²) in [7, 11) is 0. The molecular formula is C23H27NO2. The molecule has 0 unspecified atom stereocenters. The quantitative estimate of drug-likeness (QED) is 0.898. The molecule has 1 atom stereocenters. The van der Waals surface area contributed by atoms with E-state index in [9.17, 15) is 9.90 Å². The van der Waals surface area contributed by atoms with E-state index in [-0.39, 0.29) is 11.8 Å². The number of rotatable bonds is 4. The SMILES string of the molecule is C[C@@H](C(=O)N1CCC(O)(c2ccc(-c3ccccc3)cc2)CC1)C1CC1. The molecule has 0 radical (unpaired) electrons. The number of likely N-dealkylation sites (tertiary alicyclic amines) is 1. The average molecular weight is 349 g/mol. The second kappa shape index (κ2) is 6.88. The fraction of sp³-hybridized carbons (Fsp3) is 0.435. The predicted octanol–water partition coefficient (Wildman–Crippen LogP) is 4.21. The van der Waals surface area contributed by atoms with Crippen molar-refractivity contribution in [3.63, 3.8) is 0 Å². The van der Waals surface area contributed by atoms with Gasteiger partial charge in [0.2, 0.25) is 5.91 Å². The van der Waals surface area contributed by atoms with Crippen molar-refractivity contribution in [2.45, 2.75) is 38.2 Å². The van der Waals surface area contributed by atoms with Crippen molar-refractivity contribution < 1.29 is 9.90 Å². The molecule has 1 saturated heterocycles. The first-order valence-electron chi connectivity index (χ1n) is 9.74. The highest BCUT2D eigenvalue weighted by Gasteiger charge is 2.39. The highest BCUT2D eigenvalue weighted by atomic mass is 16.3. The van der Waals surface area contributed by atoms with Crippen molar-refractivity contribution >= 4 is 5.91 Å². The lowest BCUT2D eigenvalue weighted by atomic mass is 9.83. The molecule has 26 heavy (non-hydrogen) atoms. The second-order valence-electron chi connectivity index (χ2n) is 7.93. The van der Waals surface area contributed by atoms with E-state index in [0.29, 0.717) is 31.8 Å². The van der Waals surface area contributed by atoms with E-state index < -0.39 is 5.60 Å². The first-order valence-corrected chi connectivity index (χ1v) is 9.74. The molecule has 4 rings (SSSR count). The van der Waals surface area contributed by atoms with E-state index in [2.05, 4.69) is 31.2 Å². The van der Waals surface area contributed by atoms with Crippen LogP contribution in [0, 0.1) is 11.8 Å². The summed E-state index contributed by atoms with van der Waals surface area (Å²) in [6.45, 7) is 3.35. The number of amides is 1. The molecule has 2 aromatic carbocycles. The Bertz CT molecular complexity index is 757. The van der Waals surface area contributed by atoms with Crippen LogP contribution in [-0.2, 0) is 10.4 Å². The zero-order chi connectivity index (χ0) is 18.1. The summed E-state index contributed by atoms with van der Waals surface area (Å²) in [5, 5.41) is 11.1. The van der Waals surface area contributed by atoms with Gasteiger partial charge >= 0.3 is 0 Å². The van der Waals surface area contributed by atoms with Gasteiger partial charge in [-0.05, 0) is 48.3 Å². The van der Waals surface area contributed by atoms with Gasteiger partial charge in [0.15, 0.2) is 0 Å². The van der Waals surface area contributed by atoms with Crippen LogP contribution in [0.4, 0.5) is 0 Å². The van der Waals surface area contributed by atoms with Crippen molar-refractivity contribution in [2.75, 3.05) is 13.1 Å². The summed E-state index contributed by atoms with van der Waals surface area (Å²) >= 11 is 0.